The second kappa shape index (κ2) is 7.47. The molecule has 4 rings (SSSR count). The van der Waals surface area contributed by atoms with Gasteiger partial charge in [0.1, 0.15) is 11.4 Å². The summed E-state index contributed by atoms with van der Waals surface area (Å²) < 4.78 is 29.1. The fourth-order valence-corrected chi connectivity index (χ4v) is 3.83. The number of nitrogens with one attached hydrogen (secondary N) is 1. The lowest BCUT2D eigenvalue weighted by Gasteiger charge is -2.31. The molecule has 0 radical (unpaired) electrons. The van der Waals surface area contributed by atoms with E-state index < -0.39 is 24.3 Å². The molecule has 0 spiro atoms. The Kier molecular flexibility index (Phi) is 4.96. The molecule has 2 aromatic heterocycles. The van der Waals surface area contributed by atoms with Crippen LogP contribution in [0.1, 0.15) is 36.2 Å². The highest BCUT2D eigenvalue weighted by atomic mass is 19.3. The topological polar surface area (TPSA) is 112 Å². The van der Waals surface area contributed by atoms with E-state index in [1.165, 1.54) is 36.5 Å². The van der Waals surface area contributed by atoms with Gasteiger partial charge in [-0.3, -0.25) is 4.79 Å². The van der Waals surface area contributed by atoms with E-state index in [-0.39, 0.29) is 29.2 Å². The summed E-state index contributed by atoms with van der Waals surface area (Å²) in [5.74, 6) is -5.58. The first-order valence-corrected chi connectivity index (χ1v) is 9.52. The molecule has 0 atom stereocenters. The Labute approximate surface area is 170 Å². The number of carboxylic acid groups (broad SMARTS) is 1. The molecule has 9 nitrogen and oxygen atoms in total. The van der Waals surface area contributed by atoms with E-state index >= 15 is 0 Å². The van der Waals surface area contributed by atoms with Crippen LogP contribution < -0.4 is 15.1 Å². The van der Waals surface area contributed by atoms with Crippen LogP contribution in [0.5, 0.6) is 0 Å². The predicted octanol–water partition coefficient (Wildman–Crippen LogP) is 2.67. The second-order valence-electron chi connectivity index (χ2n) is 7.40. The van der Waals surface area contributed by atoms with Gasteiger partial charge in [-0.15, -0.1) is 0 Å². The number of carboxylic acids is 1. The fourth-order valence-electron chi connectivity index (χ4n) is 3.83. The van der Waals surface area contributed by atoms with Gasteiger partial charge in [0.15, 0.2) is 5.82 Å². The molecule has 3 heterocycles. The highest BCUT2D eigenvalue weighted by Gasteiger charge is 2.48. The standard InChI is InChI=1S/C19H20F2N6O3/c1-26-14-9-23-18(24-11-6-7-13(16(28)29)22-8-11)25-15(14)27(12-4-2-3-5-12)10-19(20,21)17(26)30/h6-9,12H,2-5,10H2,1H3,(H,28,29)(H,23,24,25). The number of carbonyl (C=O) groups excluding carboxylic acids is 1. The number of anilines is 4. The van der Waals surface area contributed by atoms with Crippen molar-refractivity contribution in [3.63, 3.8) is 0 Å². The molecule has 11 heteroatoms. The number of fused-ring (bicyclic) bond motifs is 1. The quantitative estimate of drug-likeness (QED) is 0.780. The molecule has 0 saturated heterocycles. The number of halogens is 2. The monoisotopic (exact) mass is 418 g/mol. The maximum Gasteiger partial charge on any atom is 0.354 e. The van der Waals surface area contributed by atoms with Gasteiger partial charge in [-0.2, -0.15) is 13.8 Å². The molecule has 2 aliphatic rings. The summed E-state index contributed by atoms with van der Waals surface area (Å²) in [5.41, 5.74) is 0.544. The summed E-state index contributed by atoms with van der Waals surface area (Å²) in [6.07, 6.45) is 6.02. The van der Waals surface area contributed by atoms with Crippen molar-refractivity contribution in [3.8, 4) is 0 Å². The SMILES string of the molecule is CN1C(=O)C(F)(F)CN(C2CCCC2)c2nc(Nc3ccc(C(=O)O)nc3)ncc21. The third-order valence-corrected chi connectivity index (χ3v) is 5.37. The van der Waals surface area contributed by atoms with Crippen LogP contribution in [0.3, 0.4) is 0 Å². The van der Waals surface area contributed by atoms with E-state index in [9.17, 15) is 18.4 Å². The van der Waals surface area contributed by atoms with E-state index in [1.54, 1.807) is 0 Å². The van der Waals surface area contributed by atoms with Gasteiger partial charge in [0.25, 0.3) is 5.91 Å². The summed E-state index contributed by atoms with van der Waals surface area (Å²) in [6, 6.07) is 2.70. The summed E-state index contributed by atoms with van der Waals surface area (Å²) in [7, 11) is 1.29. The van der Waals surface area contributed by atoms with Crippen LogP contribution in [0, 0.1) is 0 Å². The van der Waals surface area contributed by atoms with E-state index in [0.717, 1.165) is 30.6 Å². The van der Waals surface area contributed by atoms with Crippen LogP contribution in [0.25, 0.3) is 0 Å². The molecular formula is C19H20F2N6O3. The predicted molar refractivity (Wildman–Crippen MR) is 104 cm³/mol. The molecule has 1 fully saturated rings. The Hall–Kier alpha value is -3.37. The van der Waals surface area contributed by atoms with Crippen LogP contribution in [-0.2, 0) is 4.79 Å². The molecule has 2 aromatic rings. The van der Waals surface area contributed by atoms with Crippen LogP contribution >= 0.6 is 0 Å². The molecule has 0 aromatic carbocycles. The van der Waals surface area contributed by atoms with Crippen molar-refractivity contribution in [1.29, 1.82) is 0 Å². The van der Waals surface area contributed by atoms with Gasteiger partial charge >= 0.3 is 11.9 Å². The highest BCUT2D eigenvalue weighted by Crippen LogP contribution is 2.39. The Bertz CT molecular complexity index is 979. The smallest absolute Gasteiger partial charge is 0.354 e. The van der Waals surface area contributed by atoms with E-state index in [1.807, 2.05) is 0 Å². The Morgan fingerprint density at radius 1 is 1.23 bits per heavy atom. The van der Waals surface area contributed by atoms with Gasteiger partial charge in [-0.05, 0) is 25.0 Å². The summed E-state index contributed by atoms with van der Waals surface area (Å²) in [5, 5.41) is 11.8. The molecule has 30 heavy (non-hydrogen) atoms. The fraction of sp³-hybridized carbons (Fsp3) is 0.421. The van der Waals surface area contributed by atoms with E-state index in [4.69, 9.17) is 5.11 Å². The van der Waals surface area contributed by atoms with Crippen LogP contribution in [0.4, 0.5) is 31.9 Å². The molecule has 1 amide bonds. The minimum Gasteiger partial charge on any atom is -0.477 e. The molecule has 1 saturated carbocycles. The number of hydrogen-bond donors (Lipinski definition) is 2. The van der Waals surface area contributed by atoms with Crippen molar-refractivity contribution in [3.05, 3.63) is 30.2 Å². The van der Waals surface area contributed by atoms with Crippen molar-refractivity contribution in [1.82, 2.24) is 15.0 Å². The maximum absolute atomic E-state index is 14.6. The largest absolute Gasteiger partial charge is 0.477 e. The highest BCUT2D eigenvalue weighted by molar-refractivity contribution is 6.02. The number of rotatable bonds is 4. The minimum atomic E-state index is -3.54. The zero-order valence-corrected chi connectivity index (χ0v) is 16.2. The first-order valence-electron chi connectivity index (χ1n) is 9.52. The molecular weight excluding hydrogens is 398 g/mol. The molecule has 2 N–H and O–H groups in total. The van der Waals surface area contributed by atoms with Crippen LogP contribution in [0.2, 0.25) is 0 Å². The van der Waals surface area contributed by atoms with Crippen LogP contribution in [-0.4, -0.2) is 57.5 Å². The normalized spacial score (nSPS) is 18.8. The number of aromatic carboxylic acids is 1. The lowest BCUT2D eigenvalue weighted by molar-refractivity contribution is -0.140. The first kappa shape index (κ1) is 19.9. The van der Waals surface area contributed by atoms with Crippen molar-refractivity contribution < 1.29 is 23.5 Å². The van der Waals surface area contributed by atoms with Crippen molar-refractivity contribution in [2.45, 2.75) is 37.6 Å². The first-order chi connectivity index (χ1) is 14.3. The van der Waals surface area contributed by atoms with E-state index in [0.29, 0.717) is 5.69 Å². The third-order valence-electron chi connectivity index (χ3n) is 5.37. The van der Waals surface area contributed by atoms with E-state index in [2.05, 4.69) is 20.3 Å². The van der Waals surface area contributed by atoms with Gasteiger partial charge in [-0.25, -0.2) is 14.8 Å². The second-order valence-corrected chi connectivity index (χ2v) is 7.40. The summed E-state index contributed by atoms with van der Waals surface area (Å²) in [4.78, 5) is 38.0. The lowest BCUT2D eigenvalue weighted by atomic mass is 10.2. The zero-order chi connectivity index (χ0) is 21.5. The molecule has 0 unspecified atom stereocenters. The summed E-state index contributed by atoms with van der Waals surface area (Å²) >= 11 is 0. The van der Waals surface area contributed by atoms with Crippen molar-refractivity contribution in [2.75, 3.05) is 28.7 Å². The van der Waals surface area contributed by atoms with Crippen molar-refractivity contribution >= 4 is 35.0 Å². The zero-order valence-electron chi connectivity index (χ0n) is 16.2. The Morgan fingerprint density at radius 3 is 2.60 bits per heavy atom. The summed E-state index contributed by atoms with van der Waals surface area (Å²) in [6.45, 7) is -0.737. The number of hydrogen-bond acceptors (Lipinski definition) is 7. The van der Waals surface area contributed by atoms with Gasteiger partial charge in [0, 0.05) is 13.1 Å². The minimum absolute atomic E-state index is 0.113. The van der Waals surface area contributed by atoms with Crippen LogP contribution in [0.15, 0.2) is 24.5 Å². The number of aromatic nitrogens is 3. The Morgan fingerprint density at radius 2 is 1.97 bits per heavy atom. The molecule has 1 aliphatic heterocycles. The number of nitrogens with zero attached hydrogens (tertiary/aromatic N) is 5. The number of amides is 1. The molecule has 0 bridgehead atoms. The van der Waals surface area contributed by atoms with Gasteiger partial charge in [0.05, 0.1) is 24.6 Å². The number of carbonyl (C=O) groups is 2. The molecule has 158 valence electrons. The average molecular weight is 418 g/mol. The maximum atomic E-state index is 14.6. The average Bonchev–Trinajstić information content (AvgIpc) is 3.24. The Balaban J connectivity index is 1.70. The number of alkyl halides is 2. The van der Waals surface area contributed by atoms with Gasteiger partial charge in [0.2, 0.25) is 5.95 Å². The van der Waals surface area contributed by atoms with Crippen molar-refractivity contribution in [2.24, 2.45) is 0 Å². The van der Waals surface area contributed by atoms with Gasteiger partial charge in [-0.1, -0.05) is 12.8 Å². The number of pyridine rings is 1. The lowest BCUT2D eigenvalue weighted by Crippen LogP contribution is -2.48. The van der Waals surface area contributed by atoms with Gasteiger partial charge < -0.3 is 20.2 Å². The third kappa shape index (κ3) is 3.62. The molecule has 1 aliphatic carbocycles.